The molecule has 134 valence electrons. The first kappa shape index (κ1) is 17.5. The maximum atomic E-state index is 5.96. The van der Waals surface area contributed by atoms with Gasteiger partial charge >= 0.3 is 0 Å². The van der Waals surface area contributed by atoms with Crippen LogP contribution in [0.2, 0.25) is 4.34 Å². The number of thiophene rings is 1. The van der Waals surface area contributed by atoms with Gasteiger partial charge in [-0.25, -0.2) is 15.0 Å². The molecule has 0 bridgehead atoms. The van der Waals surface area contributed by atoms with Crippen LogP contribution in [0.3, 0.4) is 0 Å². The lowest BCUT2D eigenvalue weighted by Crippen LogP contribution is -2.08. The van der Waals surface area contributed by atoms with Gasteiger partial charge in [0.05, 0.1) is 15.5 Å². The molecule has 1 aromatic carbocycles. The number of imidazole rings is 1. The van der Waals surface area contributed by atoms with Crippen LogP contribution >= 0.6 is 22.9 Å². The van der Waals surface area contributed by atoms with Crippen molar-refractivity contribution in [2.45, 2.75) is 6.42 Å². The summed E-state index contributed by atoms with van der Waals surface area (Å²) in [6.45, 7) is 0.750. The summed E-state index contributed by atoms with van der Waals surface area (Å²) in [4.78, 5) is 14.4. The maximum absolute atomic E-state index is 5.96. The Morgan fingerprint density at radius 1 is 1.11 bits per heavy atom. The van der Waals surface area contributed by atoms with Crippen molar-refractivity contribution in [3.05, 3.63) is 69.4 Å². The van der Waals surface area contributed by atoms with Gasteiger partial charge < -0.3 is 9.88 Å². The molecular weight excluding hydrogens is 378 g/mol. The Morgan fingerprint density at radius 2 is 1.96 bits per heavy atom. The zero-order chi connectivity index (χ0) is 18.6. The maximum Gasteiger partial charge on any atom is 0.209 e. The standard InChI is InChI=1S/C20H16ClN5S/c1-26-13-23-18-19(22-12-11-14-5-3-2-4-6-14)24-17(25-20(18)26)10-8-15-7-9-16(21)27-15/h2-7,9,13H,11-12H2,1H3,(H,22,24,25). The molecule has 0 spiro atoms. The number of hydrogen-bond donors (Lipinski definition) is 1. The first-order valence-corrected chi connectivity index (χ1v) is 9.63. The molecule has 3 aromatic heterocycles. The van der Waals surface area contributed by atoms with Crippen LogP contribution in [0.25, 0.3) is 11.2 Å². The average Bonchev–Trinajstić information content (AvgIpc) is 3.27. The van der Waals surface area contributed by atoms with Crippen LogP contribution in [0, 0.1) is 11.8 Å². The van der Waals surface area contributed by atoms with E-state index >= 15 is 0 Å². The Kier molecular flexibility index (Phi) is 5.05. The molecule has 4 aromatic rings. The van der Waals surface area contributed by atoms with Gasteiger partial charge in [0, 0.05) is 13.6 Å². The number of aromatic nitrogens is 4. The summed E-state index contributed by atoms with van der Waals surface area (Å²) in [5, 5.41) is 3.38. The Hall–Kier alpha value is -2.88. The normalized spacial score (nSPS) is 10.6. The van der Waals surface area contributed by atoms with Gasteiger partial charge in [-0.05, 0) is 36.0 Å². The molecule has 7 heteroatoms. The number of halogens is 1. The second kappa shape index (κ2) is 7.78. The molecule has 0 aliphatic rings. The van der Waals surface area contributed by atoms with Crippen LogP contribution in [-0.2, 0) is 13.5 Å². The van der Waals surface area contributed by atoms with Crippen LogP contribution in [0.15, 0.2) is 48.8 Å². The van der Waals surface area contributed by atoms with Crippen molar-refractivity contribution in [1.82, 2.24) is 19.5 Å². The highest BCUT2D eigenvalue weighted by molar-refractivity contribution is 7.16. The fourth-order valence-electron chi connectivity index (χ4n) is 2.65. The fourth-order valence-corrected chi connectivity index (χ4v) is 3.55. The van der Waals surface area contributed by atoms with E-state index in [1.165, 1.54) is 16.9 Å². The van der Waals surface area contributed by atoms with Crippen molar-refractivity contribution in [2.75, 3.05) is 11.9 Å². The Labute approximate surface area is 166 Å². The summed E-state index contributed by atoms with van der Waals surface area (Å²) in [6.07, 6.45) is 2.63. The zero-order valence-electron chi connectivity index (χ0n) is 14.6. The predicted octanol–water partition coefficient (Wildman–Crippen LogP) is 4.13. The molecule has 0 unspecified atom stereocenters. The van der Waals surface area contributed by atoms with E-state index in [1.54, 1.807) is 6.33 Å². The van der Waals surface area contributed by atoms with Crippen molar-refractivity contribution in [1.29, 1.82) is 0 Å². The lowest BCUT2D eigenvalue weighted by atomic mass is 10.1. The predicted molar refractivity (Wildman–Crippen MR) is 110 cm³/mol. The van der Waals surface area contributed by atoms with Crippen LogP contribution in [0.1, 0.15) is 16.3 Å². The van der Waals surface area contributed by atoms with Gasteiger partial charge in [0.15, 0.2) is 17.0 Å². The van der Waals surface area contributed by atoms with Crippen LogP contribution in [-0.4, -0.2) is 26.1 Å². The molecular formula is C20H16ClN5S. The van der Waals surface area contributed by atoms with Crippen LogP contribution in [0.5, 0.6) is 0 Å². The minimum Gasteiger partial charge on any atom is -0.368 e. The number of benzene rings is 1. The van der Waals surface area contributed by atoms with E-state index in [1.807, 2.05) is 41.9 Å². The van der Waals surface area contributed by atoms with Gasteiger partial charge in [-0.2, -0.15) is 0 Å². The fraction of sp³-hybridized carbons (Fsp3) is 0.150. The number of rotatable bonds is 4. The molecule has 0 atom stereocenters. The largest absolute Gasteiger partial charge is 0.368 e. The summed E-state index contributed by atoms with van der Waals surface area (Å²) in [7, 11) is 1.91. The zero-order valence-corrected chi connectivity index (χ0v) is 16.2. The highest BCUT2D eigenvalue weighted by Gasteiger charge is 2.11. The third kappa shape index (κ3) is 4.11. The van der Waals surface area contributed by atoms with Crippen LogP contribution < -0.4 is 5.32 Å². The van der Waals surface area contributed by atoms with Crippen molar-refractivity contribution in [3.63, 3.8) is 0 Å². The van der Waals surface area contributed by atoms with Gasteiger partial charge in [-0.1, -0.05) is 41.9 Å². The number of fused-ring (bicyclic) bond motifs is 1. The molecule has 27 heavy (non-hydrogen) atoms. The highest BCUT2D eigenvalue weighted by atomic mass is 35.5. The SMILES string of the molecule is Cn1cnc2c(NCCc3ccccc3)nc(C#Cc3ccc(Cl)s3)nc21. The first-order valence-electron chi connectivity index (χ1n) is 8.43. The average molecular weight is 394 g/mol. The van der Waals surface area contributed by atoms with Crippen molar-refractivity contribution >= 4 is 39.9 Å². The molecule has 5 nitrogen and oxygen atoms in total. The van der Waals surface area contributed by atoms with Gasteiger partial charge in [0.1, 0.15) is 0 Å². The highest BCUT2D eigenvalue weighted by Crippen LogP contribution is 2.21. The summed E-state index contributed by atoms with van der Waals surface area (Å²) in [5.74, 6) is 7.25. The topological polar surface area (TPSA) is 55.6 Å². The lowest BCUT2D eigenvalue weighted by molar-refractivity contribution is 0.925. The quantitative estimate of drug-likeness (QED) is 0.529. The van der Waals surface area contributed by atoms with Gasteiger partial charge in [-0.15, -0.1) is 11.3 Å². The summed E-state index contributed by atoms with van der Waals surface area (Å²) in [5.41, 5.74) is 2.77. The number of nitrogens with one attached hydrogen (secondary N) is 1. The Balaban J connectivity index is 1.60. The molecule has 0 aliphatic carbocycles. The van der Waals surface area contributed by atoms with Crippen LogP contribution in [0.4, 0.5) is 5.82 Å². The van der Waals surface area contributed by atoms with E-state index in [2.05, 4.69) is 44.2 Å². The van der Waals surface area contributed by atoms with Gasteiger partial charge in [0.2, 0.25) is 5.82 Å². The van der Waals surface area contributed by atoms with Gasteiger partial charge in [-0.3, -0.25) is 0 Å². The molecule has 0 amide bonds. The number of anilines is 1. The van der Waals surface area contributed by atoms with E-state index in [0.717, 1.165) is 29.0 Å². The molecule has 0 saturated heterocycles. The third-order valence-electron chi connectivity index (χ3n) is 3.98. The monoisotopic (exact) mass is 393 g/mol. The molecule has 0 aliphatic heterocycles. The van der Waals surface area contributed by atoms with E-state index < -0.39 is 0 Å². The first-order chi connectivity index (χ1) is 13.2. The van der Waals surface area contributed by atoms with Crippen molar-refractivity contribution in [2.24, 2.45) is 7.05 Å². The molecule has 3 heterocycles. The molecule has 0 saturated carbocycles. The number of hydrogen-bond acceptors (Lipinski definition) is 5. The summed E-state index contributed by atoms with van der Waals surface area (Å²) in [6, 6.07) is 14.1. The molecule has 0 radical (unpaired) electrons. The second-order valence-electron chi connectivity index (χ2n) is 5.94. The Bertz CT molecular complexity index is 1140. The van der Waals surface area contributed by atoms with Gasteiger partial charge in [0.25, 0.3) is 0 Å². The van der Waals surface area contributed by atoms with E-state index in [-0.39, 0.29) is 0 Å². The molecule has 0 fully saturated rings. The lowest BCUT2D eigenvalue weighted by Gasteiger charge is -2.07. The number of nitrogens with zero attached hydrogens (tertiary/aromatic N) is 4. The Morgan fingerprint density at radius 3 is 2.74 bits per heavy atom. The summed E-state index contributed by atoms with van der Waals surface area (Å²) >= 11 is 7.39. The van der Waals surface area contributed by atoms with Crippen molar-refractivity contribution < 1.29 is 0 Å². The minimum atomic E-state index is 0.456. The van der Waals surface area contributed by atoms with E-state index in [4.69, 9.17) is 11.6 Å². The van der Waals surface area contributed by atoms with E-state index in [0.29, 0.717) is 16.0 Å². The second-order valence-corrected chi connectivity index (χ2v) is 7.65. The molecule has 1 N–H and O–H groups in total. The summed E-state index contributed by atoms with van der Waals surface area (Å²) < 4.78 is 2.58. The minimum absolute atomic E-state index is 0.456. The molecule has 4 rings (SSSR count). The third-order valence-corrected chi connectivity index (χ3v) is 5.13. The smallest absolute Gasteiger partial charge is 0.209 e. The number of aryl methyl sites for hydroxylation is 1. The van der Waals surface area contributed by atoms with Crippen molar-refractivity contribution in [3.8, 4) is 11.8 Å². The van der Waals surface area contributed by atoms with E-state index in [9.17, 15) is 0 Å².